The Morgan fingerprint density at radius 3 is 2.55 bits per heavy atom. The molecule has 1 aromatic rings. The van der Waals surface area contributed by atoms with E-state index in [4.69, 9.17) is 0 Å². The van der Waals surface area contributed by atoms with Crippen molar-refractivity contribution in [2.75, 3.05) is 32.4 Å². The molecule has 6 heteroatoms. The van der Waals surface area contributed by atoms with Gasteiger partial charge < -0.3 is 10.2 Å². The molecule has 1 aliphatic rings. The molecule has 0 aromatic heterocycles. The number of rotatable bonds is 6. The lowest BCUT2D eigenvalue weighted by atomic mass is 10.1. The summed E-state index contributed by atoms with van der Waals surface area (Å²) < 4.78 is 23.5. The molecule has 1 atom stereocenters. The van der Waals surface area contributed by atoms with Gasteiger partial charge in [0, 0.05) is 19.3 Å². The van der Waals surface area contributed by atoms with Crippen LogP contribution in [0.5, 0.6) is 0 Å². The Labute approximate surface area is 132 Å². The second kappa shape index (κ2) is 7.24. The minimum atomic E-state index is -3.40. The van der Waals surface area contributed by atoms with Crippen LogP contribution in [0.3, 0.4) is 0 Å². The van der Waals surface area contributed by atoms with E-state index in [9.17, 15) is 13.2 Å². The second-order valence-corrected chi connectivity index (χ2v) is 8.08. The van der Waals surface area contributed by atoms with Crippen LogP contribution in [0.25, 0.3) is 0 Å². The number of likely N-dealkylation sites (tertiary alicyclic amines) is 1. The van der Waals surface area contributed by atoms with Gasteiger partial charge in [0.2, 0.25) is 0 Å². The molecule has 22 heavy (non-hydrogen) atoms. The number of amides is 1. The van der Waals surface area contributed by atoms with Crippen LogP contribution in [0, 0.1) is 5.92 Å². The first-order valence-corrected chi connectivity index (χ1v) is 9.56. The van der Waals surface area contributed by atoms with Crippen LogP contribution in [0.15, 0.2) is 29.2 Å². The van der Waals surface area contributed by atoms with Crippen LogP contribution < -0.4 is 5.32 Å². The molecule has 1 saturated heterocycles. The van der Waals surface area contributed by atoms with Gasteiger partial charge in [0.05, 0.1) is 10.5 Å². The fraction of sp³-hybridized carbons (Fsp3) is 0.562. The molecule has 1 aromatic carbocycles. The first-order chi connectivity index (χ1) is 10.4. The average Bonchev–Trinajstić information content (AvgIpc) is 2.96. The molecule has 0 bridgehead atoms. The Hall–Kier alpha value is -1.40. The number of benzene rings is 1. The highest BCUT2D eigenvalue weighted by Gasteiger charge is 2.19. The third-order valence-corrected chi connectivity index (χ3v) is 5.07. The summed E-state index contributed by atoms with van der Waals surface area (Å²) in [5, 5.41) is 2.86. The van der Waals surface area contributed by atoms with Gasteiger partial charge in [-0.1, -0.05) is 19.1 Å². The summed E-state index contributed by atoms with van der Waals surface area (Å²) in [6.45, 7) is 5.88. The lowest BCUT2D eigenvalue weighted by Gasteiger charge is -2.20. The standard InChI is InChI=1S/C16H24N2O3S/c1-13(12-18-9-5-6-10-18)11-17-16(19)14-7-3-4-8-15(14)22(2,20)21/h3-4,7-8,13H,5-6,9-12H2,1-2H3,(H,17,19). The molecule has 0 aliphatic carbocycles. The number of sulfone groups is 1. The highest BCUT2D eigenvalue weighted by atomic mass is 32.2. The fourth-order valence-electron chi connectivity index (χ4n) is 2.81. The molecule has 1 N–H and O–H groups in total. The van der Waals surface area contributed by atoms with E-state index in [1.165, 1.54) is 18.9 Å². The minimum absolute atomic E-state index is 0.0831. The Kier molecular flexibility index (Phi) is 5.58. The van der Waals surface area contributed by atoms with E-state index in [1.807, 2.05) is 0 Å². The van der Waals surface area contributed by atoms with Gasteiger partial charge in [0.25, 0.3) is 5.91 Å². The summed E-state index contributed by atoms with van der Waals surface area (Å²) in [7, 11) is -3.40. The van der Waals surface area contributed by atoms with E-state index in [-0.39, 0.29) is 16.4 Å². The Morgan fingerprint density at radius 2 is 1.91 bits per heavy atom. The van der Waals surface area contributed by atoms with E-state index in [0.29, 0.717) is 12.5 Å². The van der Waals surface area contributed by atoms with E-state index >= 15 is 0 Å². The first kappa shape index (κ1) is 17.0. The van der Waals surface area contributed by atoms with E-state index in [2.05, 4.69) is 17.1 Å². The van der Waals surface area contributed by atoms with Gasteiger partial charge in [0.1, 0.15) is 0 Å². The van der Waals surface area contributed by atoms with Crippen molar-refractivity contribution in [1.82, 2.24) is 10.2 Å². The second-order valence-electron chi connectivity index (χ2n) is 6.09. The number of carbonyl (C=O) groups excluding carboxylic acids is 1. The molecular weight excluding hydrogens is 300 g/mol. The molecule has 1 amide bonds. The van der Waals surface area contributed by atoms with Crippen LogP contribution in [-0.2, 0) is 9.84 Å². The van der Waals surface area contributed by atoms with Crippen molar-refractivity contribution >= 4 is 15.7 Å². The van der Waals surface area contributed by atoms with Crippen LogP contribution in [-0.4, -0.2) is 51.7 Å². The molecule has 0 spiro atoms. The molecule has 0 radical (unpaired) electrons. The molecular formula is C16H24N2O3S. The summed E-state index contributed by atoms with van der Waals surface area (Å²) >= 11 is 0. The SMILES string of the molecule is CC(CNC(=O)c1ccccc1S(C)(=O)=O)CN1CCCC1. The maximum absolute atomic E-state index is 12.3. The molecule has 0 saturated carbocycles. The summed E-state index contributed by atoms with van der Waals surface area (Å²) in [5.41, 5.74) is 0.221. The largest absolute Gasteiger partial charge is 0.352 e. The summed E-state index contributed by atoms with van der Waals surface area (Å²) in [5.74, 6) is 0.0155. The number of hydrogen-bond acceptors (Lipinski definition) is 4. The number of hydrogen-bond donors (Lipinski definition) is 1. The van der Waals surface area contributed by atoms with Gasteiger partial charge in [-0.3, -0.25) is 4.79 Å². The fourth-order valence-corrected chi connectivity index (χ4v) is 3.70. The van der Waals surface area contributed by atoms with Crippen molar-refractivity contribution in [2.24, 2.45) is 5.92 Å². The third kappa shape index (κ3) is 4.55. The van der Waals surface area contributed by atoms with Crippen molar-refractivity contribution in [1.29, 1.82) is 0 Å². The van der Waals surface area contributed by atoms with Crippen molar-refractivity contribution in [3.05, 3.63) is 29.8 Å². The average molecular weight is 324 g/mol. The van der Waals surface area contributed by atoms with Crippen molar-refractivity contribution < 1.29 is 13.2 Å². The maximum Gasteiger partial charge on any atom is 0.252 e. The lowest BCUT2D eigenvalue weighted by Crippen LogP contribution is -2.34. The van der Waals surface area contributed by atoms with Crippen molar-refractivity contribution in [3.8, 4) is 0 Å². The highest BCUT2D eigenvalue weighted by Crippen LogP contribution is 2.15. The predicted molar refractivity (Wildman–Crippen MR) is 86.7 cm³/mol. The molecule has 5 nitrogen and oxygen atoms in total. The normalized spacial score (nSPS) is 17.4. The van der Waals surface area contributed by atoms with E-state index in [0.717, 1.165) is 25.9 Å². The monoisotopic (exact) mass is 324 g/mol. The van der Waals surface area contributed by atoms with Gasteiger partial charge in [-0.15, -0.1) is 0 Å². The predicted octanol–water partition coefficient (Wildman–Crippen LogP) is 1.55. The van der Waals surface area contributed by atoms with Crippen molar-refractivity contribution in [3.63, 3.8) is 0 Å². The van der Waals surface area contributed by atoms with Crippen LogP contribution >= 0.6 is 0 Å². The smallest absolute Gasteiger partial charge is 0.252 e. The van der Waals surface area contributed by atoms with E-state index < -0.39 is 9.84 Å². The molecule has 1 heterocycles. The van der Waals surface area contributed by atoms with Crippen molar-refractivity contribution in [2.45, 2.75) is 24.7 Å². The number of nitrogens with zero attached hydrogens (tertiary/aromatic N) is 1. The Balaban J connectivity index is 1.95. The first-order valence-electron chi connectivity index (χ1n) is 7.67. The molecule has 1 fully saturated rings. The zero-order valence-electron chi connectivity index (χ0n) is 13.2. The zero-order valence-corrected chi connectivity index (χ0v) is 14.0. The molecule has 2 rings (SSSR count). The molecule has 1 unspecified atom stereocenters. The summed E-state index contributed by atoms with van der Waals surface area (Å²) in [6.07, 6.45) is 3.62. The maximum atomic E-state index is 12.3. The zero-order chi connectivity index (χ0) is 16.2. The van der Waals surface area contributed by atoms with Crippen LogP contribution in [0.1, 0.15) is 30.1 Å². The molecule has 1 aliphatic heterocycles. The Bertz CT molecular complexity index is 622. The lowest BCUT2D eigenvalue weighted by molar-refractivity contribution is 0.0942. The quantitative estimate of drug-likeness (QED) is 0.862. The number of carbonyl (C=O) groups is 1. The van der Waals surface area contributed by atoms with Gasteiger partial charge in [-0.2, -0.15) is 0 Å². The minimum Gasteiger partial charge on any atom is -0.352 e. The van der Waals surface area contributed by atoms with Gasteiger partial charge >= 0.3 is 0 Å². The third-order valence-electron chi connectivity index (χ3n) is 3.91. The van der Waals surface area contributed by atoms with Gasteiger partial charge in [0.15, 0.2) is 9.84 Å². The van der Waals surface area contributed by atoms with Gasteiger partial charge in [-0.25, -0.2) is 8.42 Å². The summed E-state index contributed by atoms with van der Waals surface area (Å²) in [4.78, 5) is 14.8. The van der Waals surface area contributed by atoms with Crippen LogP contribution in [0.2, 0.25) is 0 Å². The van der Waals surface area contributed by atoms with Crippen LogP contribution in [0.4, 0.5) is 0 Å². The summed E-state index contributed by atoms with van der Waals surface area (Å²) in [6, 6.07) is 6.33. The highest BCUT2D eigenvalue weighted by molar-refractivity contribution is 7.90. The number of nitrogens with one attached hydrogen (secondary N) is 1. The van der Waals surface area contributed by atoms with Gasteiger partial charge in [-0.05, 0) is 44.0 Å². The molecule has 122 valence electrons. The Morgan fingerprint density at radius 1 is 1.27 bits per heavy atom. The van der Waals surface area contributed by atoms with E-state index in [1.54, 1.807) is 18.2 Å². The topological polar surface area (TPSA) is 66.5 Å².